The van der Waals surface area contributed by atoms with Gasteiger partial charge < -0.3 is 9.47 Å². The van der Waals surface area contributed by atoms with Crippen molar-refractivity contribution in [2.75, 3.05) is 6.61 Å². The second-order valence-corrected chi connectivity index (χ2v) is 5.95. The van der Waals surface area contributed by atoms with Crippen molar-refractivity contribution in [3.05, 3.63) is 64.7 Å². The fourth-order valence-electron chi connectivity index (χ4n) is 1.95. The molecule has 0 aliphatic heterocycles. The summed E-state index contributed by atoms with van der Waals surface area (Å²) in [5.41, 5.74) is 5.08. The molecule has 8 nitrogen and oxygen atoms in total. The molecule has 0 aliphatic carbocycles. The highest BCUT2D eigenvalue weighted by atomic mass is 35.5. The number of ether oxygens (including phenoxy) is 2. The number of hydrogen-bond acceptors (Lipinski definition) is 6. The van der Waals surface area contributed by atoms with Gasteiger partial charge in [0.05, 0.1) is 11.6 Å². The molecule has 2 amide bonds. The summed E-state index contributed by atoms with van der Waals surface area (Å²) in [7, 11) is 0. The first kappa shape index (κ1) is 20.7. The number of amides is 2. The Kier molecular flexibility index (Phi) is 7.37. The molecule has 0 unspecified atom stereocenters. The zero-order valence-electron chi connectivity index (χ0n) is 14.8. The Morgan fingerprint density at radius 3 is 2.32 bits per heavy atom. The third kappa shape index (κ3) is 6.30. The fraction of sp³-hybridized carbons (Fsp3) is 0.158. The zero-order chi connectivity index (χ0) is 20.5. The lowest BCUT2D eigenvalue weighted by atomic mass is 10.2. The van der Waals surface area contributed by atoms with E-state index in [0.717, 1.165) is 0 Å². The van der Waals surface area contributed by atoms with Gasteiger partial charge in [-0.3, -0.25) is 20.4 Å². The molecule has 0 fully saturated rings. The van der Waals surface area contributed by atoms with Crippen LogP contribution in [0.4, 0.5) is 0 Å². The summed E-state index contributed by atoms with van der Waals surface area (Å²) in [4.78, 5) is 35.4. The van der Waals surface area contributed by atoms with Gasteiger partial charge in [0.2, 0.25) is 0 Å². The molecule has 144 valence electrons. The highest BCUT2D eigenvalue weighted by molar-refractivity contribution is 6.30. The molecule has 28 heavy (non-hydrogen) atoms. The number of nitriles is 1. The van der Waals surface area contributed by atoms with Crippen LogP contribution in [0.15, 0.2) is 48.5 Å². The Balaban J connectivity index is 1.73. The van der Waals surface area contributed by atoms with Crippen molar-refractivity contribution in [2.24, 2.45) is 0 Å². The van der Waals surface area contributed by atoms with Gasteiger partial charge in [0, 0.05) is 10.6 Å². The molecule has 0 radical (unpaired) electrons. The average molecular weight is 402 g/mol. The van der Waals surface area contributed by atoms with Crippen LogP contribution in [-0.2, 0) is 14.3 Å². The summed E-state index contributed by atoms with van der Waals surface area (Å²) >= 11 is 5.73. The summed E-state index contributed by atoms with van der Waals surface area (Å²) in [6.45, 7) is 0.863. The number of halogens is 1. The Labute approximate surface area is 166 Å². The van der Waals surface area contributed by atoms with E-state index in [4.69, 9.17) is 26.3 Å². The largest absolute Gasteiger partial charge is 0.479 e. The molecule has 0 spiro atoms. The number of nitrogens with zero attached hydrogens (tertiary/aromatic N) is 1. The Hall–Kier alpha value is -3.57. The quantitative estimate of drug-likeness (QED) is 0.564. The number of benzene rings is 2. The van der Waals surface area contributed by atoms with Gasteiger partial charge in [0.1, 0.15) is 5.75 Å². The maximum absolute atomic E-state index is 11.9. The smallest absolute Gasteiger partial charge is 0.347 e. The monoisotopic (exact) mass is 401 g/mol. The summed E-state index contributed by atoms with van der Waals surface area (Å²) in [6.07, 6.45) is -0.968. The first-order valence-electron chi connectivity index (χ1n) is 8.07. The molecule has 0 saturated heterocycles. The lowest BCUT2D eigenvalue weighted by molar-refractivity contribution is -0.154. The second-order valence-electron chi connectivity index (χ2n) is 5.51. The van der Waals surface area contributed by atoms with Crippen LogP contribution >= 0.6 is 11.6 Å². The molecule has 0 heterocycles. The number of hydrazine groups is 1. The number of hydrogen-bond donors (Lipinski definition) is 2. The molecule has 0 saturated carbocycles. The minimum atomic E-state index is -0.968. The van der Waals surface area contributed by atoms with Crippen molar-refractivity contribution < 1.29 is 23.9 Å². The topological polar surface area (TPSA) is 118 Å². The maximum Gasteiger partial charge on any atom is 0.347 e. The molecule has 9 heteroatoms. The van der Waals surface area contributed by atoms with Gasteiger partial charge in [-0.1, -0.05) is 11.6 Å². The highest BCUT2D eigenvalue weighted by Gasteiger charge is 2.18. The molecule has 0 aliphatic rings. The van der Waals surface area contributed by atoms with E-state index in [9.17, 15) is 14.4 Å². The normalized spacial score (nSPS) is 10.9. The minimum Gasteiger partial charge on any atom is -0.479 e. The van der Waals surface area contributed by atoms with Gasteiger partial charge in [-0.15, -0.1) is 0 Å². The Morgan fingerprint density at radius 1 is 1.07 bits per heavy atom. The van der Waals surface area contributed by atoms with Crippen LogP contribution in [-0.4, -0.2) is 30.5 Å². The van der Waals surface area contributed by atoms with E-state index in [1.54, 1.807) is 24.3 Å². The lowest BCUT2D eigenvalue weighted by Gasteiger charge is -2.14. The molecule has 1 atom stereocenters. The van der Waals surface area contributed by atoms with Gasteiger partial charge in [-0.05, 0) is 55.5 Å². The minimum absolute atomic E-state index is 0.297. The highest BCUT2D eigenvalue weighted by Crippen LogP contribution is 2.14. The second kappa shape index (κ2) is 9.94. The van der Waals surface area contributed by atoms with Crippen LogP contribution in [0, 0.1) is 11.3 Å². The SMILES string of the molecule is C[C@H](Oc1ccc(C#N)cc1)C(=O)OCC(=O)NNC(=O)c1ccc(Cl)cc1. The van der Waals surface area contributed by atoms with Crippen molar-refractivity contribution in [3.63, 3.8) is 0 Å². The summed E-state index contributed by atoms with van der Waals surface area (Å²) in [6, 6.07) is 14.2. The molecular formula is C19H16ClN3O5. The standard InChI is InChI=1S/C19H16ClN3O5/c1-12(28-16-8-2-13(10-21)3-9-16)19(26)27-11-17(24)22-23-18(25)14-4-6-15(20)7-5-14/h2-9,12H,11H2,1H3,(H,22,24)(H,23,25)/t12-/m0/s1. The number of esters is 1. The van der Waals surface area contributed by atoms with E-state index in [-0.39, 0.29) is 0 Å². The number of rotatable bonds is 6. The first-order valence-corrected chi connectivity index (χ1v) is 8.45. The summed E-state index contributed by atoms with van der Waals surface area (Å²) in [5, 5.41) is 9.22. The molecule has 0 aromatic heterocycles. The zero-order valence-corrected chi connectivity index (χ0v) is 15.5. The maximum atomic E-state index is 11.9. The van der Waals surface area contributed by atoms with E-state index in [0.29, 0.717) is 21.9 Å². The van der Waals surface area contributed by atoms with E-state index in [1.165, 1.54) is 31.2 Å². The molecule has 2 N–H and O–H groups in total. The molecule has 2 rings (SSSR count). The van der Waals surface area contributed by atoms with E-state index >= 15 is 0 Å². The van der Waals surface area contributed by atoms with Gasteiger partial charge >= 0.3 is 5.97 Å². The molecular weight excluding hydrogens is 386 g/mol. The van der Waals surface area contributed by atoms with Crippen molar-refractivity contribution in [1.82, 2.24) is 10.9 Å². The average Bonchev–Trinajstić information content (AvgIpc) is 2.71. The van der Waals surface area contributed by atoms with Crippen LogP contribution in [0.5, 0.6) is 5.75 Å². The Morgan fingerprint density at radius 2 is 1.71 bits per heavy atom. The van der Waals surface area contributed by atoms with Crippen LogP contribution in [0.2, 0.25) is 5.02 Å². The fourth-order valence-corrected chi connectivity index (χ4v) is 2.08. The van der Waals surface area contributed by atoms with Crippen molar-refractivity contribution in [3.8, 4) is 11.8 Å². The number of carbonyl (C=O) groups is 3. The Bertz CT molecular complexity index is 891. The van der Waals surface area contributed by atoms with Gasteiger partial charge in [0.25, 0.3) is 11.8 Å². The predicted molar refractivity (Wildman–Crippen MR) is 99.3 cm³/mol. The predicted octanol–water partition coefficient (Wildman–Crippen LogP) is 1.98. The van der Waals surface area contributed by atoms with Crippen LogP contribution in [0.1, 0.15) is 22.8 Å². The molecule has 2 aromatic carbocycles. The van der Waals surface area contributed by atoms with Crippen LogP contribution < -0.4 is 15.6 Å². The molecule has 2 aromatic rings. The first-order chi connectivity index (χ1) is 13.4. The van der Waals surface area contributed by atoms with Crippen molar-refractivity contribution in [1.29, 1.82) is 5.26 Å². The van der Waals surface area contributed by atoms with E-state index in [1.807, 2.05) is 6.07 Å². The third-order valence-electron chi connectivity index (χ3n) is 3.40. The van der Waals surface area contributed by atoms with E-state index < -0.39 is 30.5 Å². The van der Waals surface area contributed by atoms with Crippen molar-refractivity contribution >= 4 is 29.4 Å². The van der Waals surface area contributed by atoms with Gasteiger partial charge in [-0.2, -0.15) is 5.26 Å². The third-order valence-corrected chi connectivity index (χ3v) is 3.65. The summed E-state index contributed by atoms with van der Waals surface area (Å²) in [5.74, 6) is -1.65. The van der Waals surface area contributed by atoms with Crippen molar-refractivity contribution in [2.45, 2.75) is 13.0 Å². The lowest BCUT2D eigenvalue weighted by Crippen LogP contribution is -2.44. The van der Waals surface area contributed by atoms with E-state index in [2.05, 4.69) is 10.9 Å². The van der Waals surface area contributed by atoms with Crippen LogP contribution in [0.3, 0.4) is 0 Å². The van der Waals surface area contributed by atoms with Gasteiger partial charge in [0.15, 0.2) is 12.7 Å². The van der Waals surface area contributed by atoms with Crippen LogP contribution in [0.25, 0.3) is 0 Å². The number of nitrogens with one attached hydrogen (secondary N) is 2. The number of carbonyl (C=O) groups excluding carboxylic acids is 3. The van der Waals surface area contributed by atoms with Gasteiger partial charge in [-0.25, -0.2) is 4.79 Å². The summed E-state index contributed by atoms with van der Waals surface area (Å²) < 4.78 is 10.2. The molecule has 0 bridgehead atoms.